The lowest BCUT2D eigenvalue weighted by Crippen LogP contribution is -2.41. The average Bonchev–Trinajstić information content (AvgIpc) is 2.38. The highest BCUT2D eigenvalue weighted by Gasteiger charge is 2.23. The van der Waals surface area contributed by atoms with Gasteiger partial charge in [0.15, 0.2) is 0 Å². The summed E-state index contributed by atoms with van der Waals surface area (Å²) in [4.78, 5) is 23.4. The van der Waals surface area contributed by atoms with E-state index >= 15 is 0 Å². The van der Waals surface area contributed by atoms with Crippen molar-refractivity contribution in [3.05, 3.63) is 35.9 Å². The summed E-state index contributed by atoms with van der Waals surface area (Å²) in [6.45, 7) is 2.24. The van der Waals surface area contributed by atoms with Crippen LogP contribution in [0.2, 0.25) is 0 Å². The minimum absolute atomic E-state index is 0.0830. The van der Waals surface area contributed by atoms with Crippen LogP contribution in [0.15, 0.2) is 30.3 Å². The zero-order valence-electron chi connectivity index (χ0n) is 10.7. The second-order valence-corrected chi connectivity index (χ2v) is 4.39. The third kappa shape index (κ3) is 4.67. The fourth-order valence-electron chi connectivity index (χ4n) is 1.62. The number of nitrogens with one attached hydrogen (secondary N) is 2. The van der Waals surface area contributed by atoms with E-state index in [1.54, 1.807) is 24.3 Å². The number of benzene rings is 1. The van der Waals surface area contributed by atoms with E-state index in [0.717, 1.165) is 0 Å². The first-order valence-corrected chi connectivity index (χ1v) is 6.35. The molecule has 0 aliphatic carbocycles. The Hall–Kier alpha value is -1.95. The molecule has 6 heteroatoms. The third-order valence-corrected chi connectivity index (χ3v) is 2.71. The molecule has 0 heterocycles. The van der Waals surface area contributed by atoms with Gasteiger partial charge >= 0.3 is 0 Å². The van der Waals surface area contributed by atoms with Crippen molar-refractivity contribution in [2.45, 2.75) is 12.8 Å². The lowest BCUT2D eigenvalue weighted by Gasteiger charge is -2.15. The van der Waals surface area contributed by atoms with Crippen LogP contribution in [-0.2, 0) is 9.59 Å². The smallest absolute Gasteiger partial charge is 0.239 e. The number of hydrogen-bond donors (Lipinski definition) is 3. The van der Waals surface area contributed by atoms with Gasteiger partial charge < -0.3 is 16.4 Å². The van der Waals surface area contributed by atoms with Crippen LogP contribution in [0.1, 0.15) is 18.4 Å². The summed E-state index contributed by atoms with van der Waals surface area (Å²) in [6, 6.07) is 8.99. The van der Waals surface area contributed by atoms with Gasteiger partial charge in [-0.05, 0) is 12.5 Å². The van der Waals surface area contributed by atoms with Crippen molar-refractivity contribution >= 4 is 29.0 Å². The van der Waals surface area contributed by atoms with E-state index in [1.165, 1.54) is 0 Å². The van der Waals surface area contributed by atoms with E-state index in [4.69, 9.17) is 18.0 Å². The van der Waals surface area contributed by atoms with Gasteiger partial charge in [0, 0.05) is 6.54 Å². The predicted octanol–water partition coefficient (Wildman–Crippen LogP) is 0.309. The minimum atomic E-state index is -0.717. The number of carbonyl (C=O) groups excluding carboxylic acids is 2. The van der Waals surface area contributed by atoms with Crippen molar-refractivity contribution in [1.29, 1.82) is 0 Å². The lowest BCUT2D eigenvalue weighted by atomic mass is 9.98. The molecule has 0 saturated carbocycles. The summed E-state index contributed by atoms with van der Waals surface area (Å²) >= 11 is 4.92. The first-order chi connectivity index (χ1) is 9.06. The maximum atomic E-state index is 12.0. The van der Waals surface area contributed by atoms with Gasteiger partial charge in [-0.25, -0.2) is 0 Å². The van der Waals surface area contributed by atoms with Gasteiger partial charge in [-0.1, -0.05) is 42.5 Å². The fourth-order valence-corrected chi connectivity index (χ4v) is 1.86. The molecule has 0 fully saturated rings. The molecule has 0 aliphatic rings. The van der Waals surface area contributed by atoms with E-state index in [2.05, 4.69) is 10.6 Å². The molecule has 19 heavy (non-hydrogen) atoms. The summed E-state index contributed by atoms with van der Waals surface area (Å²) in [5.74, 6) is -1.33. The summed E-state index contributed by atoms with van der Waals surface area (Å²) in [6.07, 6.45) is 0. The van der Waals surface area contributed by atoms with Crippen molar-refractivity contribution in [2.75, 3.05) is 13.1 Å². The number of hydrogen-bond acceptors (Lipinski definition) is 3. The topological polar surface area (TPSA) is 84.2 Å². The first kappa shape index (κ1) is 15.1. The molecule has 102 valence electrons. The summed E-state index contributed by atoms with van der Waals surface area (Å²) in [5, 5.41) is 5.12. The summed E-state index contributed by atoms with van der Waals surface area (Å²) in [5.41, 5.74) is 6.32. The lowest BCUT2D eigenvalue weighted by molar-refractivity contribution is -0.126. The number of thiocarbonyl (C=S) groups is 1. The van der Waals surface area contributed by atoms with Gasteiger partial charge in [-0.2, -0.15) is 0 Å². The van der Waals surface area contributed by atoms with Crippen LogP contribution < -0.4 is 16.4 Å². The molecule has 1 unspecified atom stereocenters. The maximum Gasteiger partial charge on any atom is 0.239 e. The van der Waals surface area contributed by atoms with Crippen molar-refractivity contribution in [2.24, 2.45) is 5.73 Å². The first-order valence-electron chi connectivity index (χ1n) is 5.95. The molecule has 5 nitrogen and oxygen atoms in total. The Kier molecular flexibility index (Phi) is 5.95. The molecule has 0 bridgehead atoms. The Morgan fingerprint density at radius 3 is 2.42 bits per heavy atom. The van der Waals surface area contributed by atoms with Crippen LogP contribution in [0.4, 0.5) is 0 Å². The molecule has 1 aromatic rings. The van der Waals surface area contributed by atoms with Crippen LogP contribution in [0.3, 0.4) is 0 Å². The van der Waals surface area contributed by atoms with E-state index in [1.807, 2.05) is 13.0 Å². The van der Waals surface area contributed by atoms with Crippen molar-refractivity contribution in [3.63, 3.8) is 0 Å². The molecule has 0 spiro atoms. The highest BCUT2D eigenvalue weighted by atomic mass is 32.1. The van der Waals surface area contributed by atoms with Crippen LogP contribution in [0.25, 0.3) is 0 Å². The molecule has 1 aromatic carbocycles. The Bertz CT molecular complexity index is 462. The molecule has 1 atom stereocenters. The average molecular weight is 279 g/mol. The zero-order valence-corrected chi connectivity index (χ0v) is 11.5. The van der Waals surface area contributed by atoms with Crippen molar-refractivity contribution in [1.82, 2.24) is 10.6 Å². The number of amides is 2. The second-order valence-electron chi connectivity index (χ2n) is 3.92. The van der Waals surface area contributed by atoms with Crippen LogP contribution >= 0.6 is 12.2 Å². The minimum Gasteiger partial charge on any atom is -0.392 e. The normalized spacial score (nSPS) is 11.4. The highest BCUT2D eigenvalue weighted by molar-refractivity contribution is 7.80. The van der Waals surface area contributed by atoms with Crippen molar-refractivity contribution in [3.8, 4) is 0 Å². The number of nitrogens with two attached hydrogens (primary N) is 1. The molecule has 0 aromatic heterocycles. The highest BCUT2D eigenvalue weighted by Crippen LogP contribution is 2.15. The monoisotopic (exact) mass is 279 g/mol. The standard InChI is InChI=1S/C13H17N3O2S/c1-2-15-10(17)8-16-13(18)11(12(14)19)9-6-4-3-5-7-9/h3-7,11H,2,8H2,1H3,(H2,14,19)(H,15,17)(H,16,18). The number of carbonyl (C=O) groups is 2. The molecule has 0 aliphatic heterocycles. The van der Waals surface area contributed by atoms with E-state index in [0.29, 0.717) is 12.1 Å². The molecular formula is C13H17N3O2S. The van der Waals surface area contributed by atoms with Crippen LogP contribution in [0.5, 0.6) is 0 Å². The SMILES string of the molecule is CCNC(=O)CNC(=O)C(C(N)=S)c1ccccc1. The molecule has 0 saturated heterocycles. The van der Waals surface area contributed by atoms with E-state index in [9.17, 15) is 9.59 Å². The van der Waals surface area contributed by atoms with Gasteiger partial charge in [-0.3, -0.25) is 9.59 Å². The Morgan fingerprint density at radius 1 is 1.26 bits per heavy atom. The molecule has 2 amide bonds. The Balaban J connectivity index is 2.70. The molecule has 0 radical (unpaired) electrons. The van der Waals surface area contributed by atoms with E-state index in [-0.39, 0.29) is 23.3 Å². The Morgan fingerprint density at radius 2 is 1.89 bits per heavy atom. The van der Waals surface area contributed by atoms with Gasteiger partial charge in [0.25, 0.3) is 0 Å². The number of likely N-dealkylation sites (N-methyl/N-ethyl adjacent to an activating group) is 1. The molecule has 4 N–H and O–H groups in total. The summed E-state index contributed by atoms with van der Waals surface area (Å²) < 4.78 is 0. The number of rotatable bonds is 6. The van der Waals surface area contributed by atoms with Gasteiger partial charge in [0.1, 0.15) is 5.92 Å². The van der Waals surface area contributed by atoms with Gasteiger partial charge in [0.2, 0.25) is 11.8 Å². The maximum absolute atomic E-state index is 12.0. The third-order valence-electron chi connectivity index (χ3n) is 2.48. The van der Waals surface area contributed by atoms with Crippen LogP contribution in [0, 0.1) is 0 Å². The predicted molar refractivity (Wildman–Crippen MR) is 77.7 cm³/mol. The molecular weight excluding hydrogens is 262 g/mol. The Labute approximate surface area is 117 Å². The van der Waals surface area contributed by atoms with E-state index < -0.39 is 5.92 Å². The largest absolute Gasteiger partial charge is 0.392 e. The van der Waals surface area contributed by atoms with Crippen molar-refractivity contribution < 1.29 is 9.59 Å². The fraction of sp³-hybridized carbons (Fsp3) is 0.308. The quantitative estimate of drug-likeness (QED) is 0.654. The van der Waals surface area contributed by atoms with Gasteiger partial charge in [0.05, 0.1) is 11.5 Å². The molecule has 1 rings (SSSR count). The zero-order chi connectivity index (χ0) is 14.3. The second kappa shape index (κ2) is 7.48. The summed E-state index contributed by atoms with van der Waals surface area (Å²) in [7, 11) is 0. The van der Waals surface area contributed by atoms with Gasteiger partial charge in [-0.15, -0.1) is 0 Å². The van der Waals surface area contributed by atoms with Crippen LogP contribution in [-0.4, -0.2) is 29.9 Å².